The molecule has 0 fully saturated rings. The van der Waals surface area contributed by atoms with Gasteiger partial charge in [-0.05, 0) is 26.1 Å². The van der Waals surface area contributed by atoms with Crippen molar-refractivity contribution in [3.8, 4) is 0 Å². The van der Waals surface area contributed by atoms with Crippen molar-refractivity contribution < 1.29 is 22.4 Å². The van der Waals surface area contributed by atoms with E-state index in [0.717, 1.165) is 58.0 Å². The van der Waals surface area contributed by atoms with E-state index < -0.39 is 0 Å². The van der Waals surface area contributed by atoms with E-state index in [2.05, 4.69) is 31.0 Å². The zero-order valence-electron chi connectivity index (χ0n) is 12.7. The van der Waals surface area contributed by atoms with Crippen molar-refractivity contribution in [3.63, 3.8) is 0 Å². The second-order valence-corrected chi connectivity index (χ2v) is 8.11. The molecule has 0 amide bonds. The van der Waals surface area contributed by atoms with E-state index in [-0.39, 0.29) is 9.49 Å². The van der Waals surface area contributed by atoms with Gasteiger partial charge >= 0.3 is 22.4 Å². The van der Waals surface area contributed by atoms with Crippen molar-refractivity contribution in [2.75, 3.05) is 32.7 Å². The molecule has 0 aromatic heterocycles. The number of hydrogen-bond donors (Lipinski definition) is 0. The van der Waals surface area contributed by atoms with Gasteiger partial charge in [-0.15, -0.1) is 11.3 Å². The van der Waals surface area contributed by atoms with E-state index >= 15 is 0 Å². The Balaban J connectivity index is 0. The molecule has 0 aromatic rings. The first-order chi connectivity index (χ1) is 8.64. The molecule has 0 heterocycles. The summed E-state index contributed by atoms with van der Waals surface area (Å²) >= 11 is 11.6. The number of nitrogens with zero attached hydrogens (tertiary/aromatic N) is 2. The second kappa shape index (κ2) is 11.7. The van der Waals surface area contributed by atoms with Crippen LogP contribution in [0, 0.1) is 0 Å². The van der Waals surface area contributed by atoms with Gasteiger partial charge in [0.25, 0.3) is 0 Å². The summed E-state index contributed by atoms with van der Waals surface area (Å²) in [5, 5.41) is 4.51. The van der Waals surface area contributed by atoms with Gasteiger partial charge in [0.05, 0.1) is 0 Å². The van der Waals surface area contributed by atoms with Gasteiger partial charge in [0.1, 0.15) is 0 Å². The van der Waals surface area contributed by atoms with Crippen molar-refractivity contribution in [3.05, 3.63) is 5.32 Å². The van der Waals surface area contributed by atoms with Gasteiger partial charge in [0, 0.05) is 0 Å². The Hall–Kier alpha value is 1.07. The van der Waals surface area contributed by atoms with Gasteiger partial charge in [-0.1, -0.05) is 34.6 Å². The Labute approximate surface area is 140 Å². The molecule has 0 atom stereocenters. The van der Waals surface area contributed by atoms with Crippen molar-refractivity contribution in [2.24, 2.45) is 0 Å². The Morgan fingerprint density at radius 1 is 1.05 bits per heavy atom. The zero-order valence-corrected chi connectivity index (χ0v) is 16.2. The topological polar surface area (TPSA) is 34.4 Å². The van der Waals surface area contributed by atoms with Crippen LogP contribution in [-0.4, -0.2) is 47.1 Å². The number of hydrogen-bond acceptors (Lipinski definition) is 4. The van der Waals surface area contributed by atoms with Gasteiger partial charge in [0.2, 0.25) is 0 Å². The van der Waals surface area contributed by atoms with Gasteiger partial charge in [-0.2, -0.15) is 11.3 Å². The molecular formula is C13H27N2OS2Tc. The Bertz CT molecular complexity index is 218. The average Bonchev–Trinajstić information content (AvgIpc) is 2.24. The van der Waals surface area contributed by atoms with Crippen LogP contribution in [0.15, 0.2) is 0 Å². The molecule has 114 valence electrons. The normalized spacial score (nSPS) is 12.2. The van der Waals surface area contributed by atoms with Gasteiger partial charge in [0.15, 0.2) is 0 Å². The van der Waals surface area contributed by atoms with Crippen LogP contribution < -0.4 is 0 Å². The van der Waals surface area contributed by atoms with Crippen LogP contribution >= 0.6 is 0 Å². The summed E-state index contributed by atoms with van der Waals surface area (Å²) in [5.41, 5.74) is 0. The molecule has 0 aliphatic carbocycles. The van der Waals surface area contributed by atoms with Crippen LogP contribution in [0.4, 0.5) is 0 Å². The average molecular weight is 390 g/mol. The Morgan fingerprint density at radius 3 is 1.95 bits per heavy atom. The molecule has 0 aliphatic heterocycles. The predicted octanol–water partition coefficient (Wildman–Crippen LogP) is 2.60. The quantitative estimate of drug-likeness (QED) is 0.449. The van der Waals surface area contributed by atoms with Gasteiger partial charge in [-0.25, -0.2) is 0 Å². The van der Waals surface area contributed by atoms with Gasteiger partial charge < -0.3 is 35.5 Å². The van der Waals surface area contributed by atoms with Crippen LogP contribution in [-0.2, 0) is 47.6 Å². The van der Waals surface area contributed by atoms with E-state index in [0.29, 0.717) is 0 Å². The first-order valence-electron chi connectivity index (χ1n) is 6.56. The number of rotatable bonds is 9. The van der Waals surface area contributed by atoms with E-state index in [1.54, 1.807) is 0 Å². The summed E-state index contributed by atoms with van der Waals surface area (Å²) in [7, 11) is 0. The van der Waals surface area contributed by atoms with E-state index in [1.807, 2.05) is 13.8 Å². The fourth-order valence-electron chi connectivity index (χ4n) is 1.69. The van der Waals surface area contributed by atoms with E-state index in [9.17, 15) is 0 Å². The fourth-order valence-corrected chi connectivity index (χ4v) is 1.96. The summed E-state index contributed by atoms with van der Waals surface area (Å²) < 4.78 is 8.07. The molecular weight excluding hydrogens is 362 g/mol. The van der Waals surface area contributed by atoms with Crippen molar-refractivity contribution in [1.29, 1.82) is 0 Å². The van der Waals surface area contributed by atoms with Crippen molar-refractivity contribution >= 4 is 25.3 Å². The maximum atomic E-state index is 8.22. The standard InChI is InChI=1S/C13H29N2S2.O.Tc/c1-6-8-15(11-13(4,5)17)9-7-14-10-12(2,3)16;;/h16-17H,6-11H2,1-5H3;;/q-1;;+3/p-2. The Morgan fingerprint density at radius 2 is 1.58 bits per heavy atom. The summed E-state index contributed by atoms with van der Waals surface area (Å²) in [5.74, 6) is 0. The summed E-state index contributed by atoms with van der Waals surface area (Å²) in [6, 6.07) is 0. The molecule has 0 aromatic carbocycles. The summed E-state index contributed by atoms with van der Waals surface area (Å²) in [6.45, 7) is 15.2. The van der Waals surface area contributed by atoms with Crippen LogP contribution in [0.5, 0.6) is 0 Å². The molecule has 0 N–H and O–H groups in total. The van der Waals surface area contributed by atoms with Crippen LogP contribution in [0.25, 0.3) is 5.32 Å². The third-order valence-electron chi connectivity index (χ3n) is 2.21. The molecule has 6 heteroatoms. The monoisotopic (exact) mass is 388 g/mol. The minimum atomic E-state index is -0.104. The minimum absolute atomic E-state index is 0.0492. The van der Waals surface area contributed by atoms with Crippen molar-refractivity contribution in [1.82, 2.24) is 4.90 Å². The maximum absolute atomic E-state index is 8.22. The molecule has 0 saturated carbocycles. The fraction of sp³-hybridized carbons (Fsp3) is 1.00. The molecule has 0 bridgehead atoms. The molecule has 0 radical (unpaired) electrons. The first kappa shape index (κ1) is 22.4. The van der Waals surface area contributed by atoms with Crippen LogP contribution in [0.1, 0.15) is 41.0 Å². The van der Waals surface area contributed by atoms with Gasteiger partial charge in [-0.3, -0.25) is 0 Å². The van der Waals surface area contributed by atoms with Crippen LogP contribution in [0.3, 0.4) is 0 Å². The first-order valence-corrected chi connectivity index (χ1v) is 8.13. The molecule has 0 rings (SSSR count). The second-order valence-electron chi connectivity index (χ2n) is 5.90. The molecule has 0 aliphatic rings. The third kappa shape index (κ3) is 19.1. The third-order valence-corrected chi connectivity index (χ3v) is 2.47. The SMILES string of the molecule is CCCN(CC[N-]CC(C)(C)[S-])CC(C)(C)[S-].[O]=[Tc+3]. The van der Waals surface area contributed by atoms with Crippen LogP contribution in [0.2, 0.25) is 0 Å². The summed E-state index contributed by atoms with van der Waals surface area (Å²) in [4.78, 5) is 2.41. The van der Waals surface area contributed by atoms with E-state index in [1.165, 1.54) is 0 Å². The predicted molar refractivity (Wildman–Crippen MR) is 83.4 cm³/mol. The summed E-state index contributed by atoms with van der Waals surface area (Å²) in [6.07, 6.45) is 1.16. The van der Waals surface area contributed by atoms with E-state index in [4.69, 9.17) is 28.8 Å². The zero-order chi connectivity index (χ0) is 15.5. The molecule has 0 spiro atoms. The molecule has 19 heavy (non-hydrogen) atoms. The molecule has 0 saturated heterocycles. The van der Waals surface area contributed by atoms with Crippen molar-refractivity contribution in [2.45, 2.75) is 50.5 Å². The molecule has 3 nitrogen and oxygen atoms in total. The molecule has 0 unspecified atom stereocenters. The Kier molecular flexibility index (Phi) is 13.8.